The summed E-state index contributed by atoms with van der Waals surface area (Å²) in [6, 6.07) is 11.4. The Bertz CT molecular complexity index is 1420. The molecule has 0 N–H and O–H groups in total. The molecule has 1 atom stereocenters. The summed E-state index contributed by atoms with van der Waals surface area (Å²) in [4.78, 5) is 30.1. The van der Waals surface area contributed by atoms with Gasteiger partial charge in [0.25, 0.3) is 5.91 Å². The van der Waals surface area contributed by atoms with Crippen LogP contribution < -0.4 is 9.54 Å². The molecule has 1 aliphatic heterocycles. The van der Waals surface area contributed by atoms with Gasteiger partial charge in [0.1, 0.15) is 5.75 Å². The molecule has 9 nitrogen and oxygen atoms in total. The highest BCUT2D eigenvalue weighted by Crippen LogP contribution is 2.26. The molecule has 0 spiro atoms. The van der Waals surface area contributed by atoms with Crippen molar-refractivity contribution in [2.24, 2.45) is 18.0 Å². The number of thiazole rings is 1. The van der Waals surface area contributed by atoms with E-state index in [1.807, 2.05) is 0 Å². The number of fused-ring (bicyclic) bond motifs is 1. The number of piperidine rings is 1. The van der Waals surface area contributed by atoms with Crippen molar-refractivity contribution >= 4 is 43.5 Å². The first-order valence-electron chi connectivity index (χ1n) is 11.2. The normalized spacial score (nSPS) is 17.5. The molecule has 35 heavy (non-hydrogen) atoms. The van der Waals surface area contributed by atoms with Gasteiger partial charge in [0, 0.05) is 20.1 Å². The second-order valence-corrected chi connectivity index (χ2v) is 11.1. The van der Waals surface area contributed by atoms with Crippen LogP contribution in [-0.2, 0) is 26.6 Å². The van der Waals surface area contributed by atoms with Crippen LogP contribution in [0.4, 0.5) is 0 Å². The molecule has 0 saturated carbocycles. The van der Waals surface area contributed by atoms with E-state index in [1.165, 1.54) is 34.9 Å². The van der Waals surface area contributed by atoms with Gasteiger partial charge in [-0.05, 0) is 62.2 Å². The highest BCUT2D eigenvalue weighted by Gasteiger charge is 2.33. The standard InChI is InChI=1S/C24H27N3O6S2/c1-4-33-23(29)16-7-12-20-21(14-16)34-24(26(20)2)25-22(28)17-6-5-13-27(15-17)35(30,31)19-10-8-18(32-3)9-11-19/h7-12,14,17H,4-6,13,15H2,1-3H3. The summed E-state index contributed by atoms with van der Waals surface area (Å²) in [5, 5.41) is 0. The molecule has 186 valence electrons. The summed E-state index contributed by atoms with van der Waals surface area (Å²) in [6.45, 7) is 2.47. The molecule has 3 aromatic rings. The topological polar surface area (TPSA) is 107 Å². The number of aromatic nitrogens is 1. The maximum absolute atomic E-state index is 13.1. The van der Waals surface area contributed by atoms with Gasteiger partial charge in [-0.1, -0.05) is 11.3 Å². The largest absolute Gasteiger partial charge is 0.497 e. The number of benzene rings is 2. The van der Waals surface area contributed by atoms with Crippen LogP contribution in [0.25, 0.3) is 10.2 Å². The number of carbonyl (C=O) groups excluding carboxylic acids is 2. The maximum atomic E-state index is 13.1. The Kier molecular flexibility index (Phi) is 7.39. The van der Waals surface area contributed by atoms with Gasteiger partial charge in [-0.3, -0.25) is 4.79 Å². The van der Waals surface area contributed by atoms with Crippen molar-refractivity contribution in [3.63, 3.8) is 0 Å². The highest BCUT2D eigenvalue weighted by atomic mass is 32.2. The minimum absolute atomic E-state index is 0.0817. The Balaban J connectivity index is 1.56. The van der Waals surface area contributed by atoms with Crippen LogP contribution in [0.15, 0.2) is 52.4 Å². The molecule has 1 saturated heterocycles. The van der Waals surface area contributed by atoms with Gasteiger partial charge in [0.05, 0.1) is 40.3 Å². The van der Waals surface area contributed by atoms with Gasteiger partial charge in [-0.25, -0.2) is 13.2 Å². The number of rotatable bonds is 6. The predicted octanol–water partition coefficient (Wildman–Crippen LogP) is 2.95. The maximum Gasteiger partial charge on any atom is 0.338 e. The summed E-state index contributed by atoms with van der Waals surface area (Å²) < 4.78 is 40.4. The first-order chi connectivity index (χ1) is 16.7. The number of amides is 1. The number of aryl methyl sites for hydroxylation is 1. The van der Waals surface area contributed by atoms with Crippen LogP contribution in [0.1, 0.15) is 30.1 Å². The van der Waals surface area contributed by atoms with Gasteiger partial charge >= 0.3 is 5.97 Å². The lowest BCUT2D eigenvalue weighted by Gasteiger charge is -2.30. The molecule has 2 aromatic carbocycles. The summed E-state index contributed by atoms with van der Waals surface area (Å²) >= 11 is 1.30. The molecule has 11 heteroatoms. The lowest BCUT2D eigenvalue weighted by molar-refractivity contribution is -0.122. The Morgan fingerprint density at radius 1 is 1.17 bits per heavy atom. The Labute approximate surface area is 207 Å². The average Bonchev–Trinajstić information content (AvgIpc) is 3.18. The number of hydrogen-bond donors (Lipinski definition) is 0. The van der Waals surface area contributed by atoms with Gasteiger partial charge < -0.3 is 14.0 Å². The van der Waals surface area contributed by atoms with Crippen molar-refractivity contribution in [1.82, 2.24) is 8.87 Å². The Morgan fingerprint density at radius 2 is 1.91 bits per heavy atom. The number of esters is 1. The second kappa shape index (κ2) is 10.3. The van der Waals surface area contributed by atoms with E-state index in [-0.39, 0.29) is 24.0 Å². The van der Waals surface area contributed by atoms with E-state index in [1.54, 1.807) is 48.9 Å². The molecule has 1 unspecified atom stereocenters. The van der Waals surface area contributed by atoms with Crippen molar-refractivity contribution in [1.29, 1.82) is 0 Å². The molecule has 0 aliphatic carbocycles. The quantitative estimate of drug-likeness (QED) is 0.466. The van der Waals surface area contributed by atoms with Gasteiger partial charge in [-0.15, -0.1) is 0 Å². The third kappa shape index (κ3) is 5.16. The zero-order chi connectivity index (χ0) is 25.2. The zero-order valence-electron chi connectivity index (χ0n) is 19.8. The molecular formula is C24H27N3O6S2. The van der Waals surface area contributed by atoms with Crippen LogP contribution in [-0.4, -0.2) is 56.0 Å². The van der Waals surface area contributed by atoms with Crippen molar-refractivity contribution in [2.75, 3.05) is 26.8 Å². The number of hydrogen-bond acceptors (Lipinski definition) is 7. The third-order valence-corrected chi connectivity index (χ3v) is 8.93. The first kappa shape index (κ1) is 25.1. The number of sulfonamides is 1. The zero-order valence-corrected chi connectivity index (χ0v) is 21.4. The van der Waals surface area contributed by atoms with Crippen molar-refractivity contribution in [3.05, 3.63) is 52.8 Å². The molecule has 0 radical (unpaired) electrons. The van der Waals surface area contributed by atoms with E-state index in [0.717, 1.165) is 10.2 Å². The monoisotopic (exact) mass is 517 g/mol. The molecule has 2 heterocycles. The number of carbonyl (C=O) groups is 2. The van der Waals surface area contributed by atoms with Gasteiger partial charge in [0.2, 0.25) is 10.0 Å². The van der Waals surface area contributed by atoms with E-state index < -0.39 is 21.9 Å². The molecule has 1 fully saturated rings. The number of methoxy groups -OCH3 is 1. The van der Waals surface area contributed by atoms with Crippen molar-refractivity contribution in [3.8, 4) is 5.75 Å². The van der Waals surface area contributed by atoms with Crippen molar-refractivity contribution in [2.45, 2.75) is 24.7 Å². The third-order valence-electron chi connectivity index (χ3n) is 5.96. The summed E-state index contributed by atoms with van der Waals surface area (Å²) in [6.07, 6.45) is 1.14. The second-order valence-electron chi connectivity index (χ2n) is 8.17. The Hall–Kier alpha value is -3.02. The smallest absolute Gasteiger partial charge is 0.338 e. The van der Waals surface area contributed by atoms with Crippen LogP contribution in [0.3, 0.4) is 0 Å². The molecule has 1 amide bonds. The van der Waals surface area contributed by atoms with Crippen LogP contribution in [0.2, 0.25) is 0 Å². The van der Waals surface area contributed by atoms with Crippen molar-refractivity contribution < 1.29 is 27.5 Å². The molecular weight excluding hydrogens is 490 g/mol. The van der Waals surface area contributed by atoms with Crippen LogP contribution >= 0.6 is 11.3 Å². The minimum Gasteiger partial charge on any atom is -0.497 e. The first-order valence-corrected chi connectivity index (χ1v) is 13.5. The van der Waals surface area contributed by atoms with E-state index >= 15 is 0 Å². The average molecular weight is 518 g/mol. The SMILES string of the molecule is CCOC(=O)c1ccc2c(c1)sc(=NC(=O)C1CCCN(S(=O)(=O)c3ccc(OC)cc3)C1)n2C. The van der Waals surface area contributed by atoms with Crippen LogP contribution in [0, 0.1) is 5.92 Å². The minimum atomic E-state index is -3.74. The van der Waals surface area contributed by atoms with E-state index in [9.17, 15) is 18.0 Å². The lowest BCUT2D eigenvalue weighted by Crippen LogP contribution is -2.42. The summed E-state index contributed by atoms with van der Waals surface area (Å²) in [7, 11) is -0.416. The number of ether oxygens (including phenoxy) is 2. The fourth-order valence-electron chi connectivity index (χ4n) is 4.03. The van der Waals surface area contributed by atoms with Gasteiger partial charge in [0.15, 0.2) is 4.80 Å². The molecule has 4 rings (SSSR count). The Morgan fingerprint density at radius 3 is 2.60 bits per heavy atom. The summed E-state index contributed by atoms with van der Waals surface area (Å²) in [5.74, 6) is -0.718. The van der Waals surface area contributed by atoms with Gasteiger partial charge in [-0.2, -0.15) is 9.30 Å². The van der Waals surface area contributed by atoms with E-state index in [0.29, 0.717) is 35.5 Å². The van der Waals surface area contributed by atoms with E-state index in [4.69, 9.17) is 9.47 Å². The molecule has 1 aromatic heterocycles. The molecule has 1 aliphatic rings. The predicted molar refractivity (Wildman–Crippen MR) is 132 cm³/mol. The molecule has 0 bridgehead atoms. The number of nitrogens with zero attached hydrogens (tertiary/aromatic N) is 3. The lowest BCUT2D eigenvalue weighted by atomic mass is 9.99. The highest BCUT2D eigenvalue weighted by molar-refractivity contribution is 7.89. The van der Waals surface area contributed by atoms with Crippen LogP contribution in [0.5, 0.6) is 5.75 Å². The van der Waals surface area contributed by atoms with E-state index in [2.05, 4.69) is 4.99 Å². The fraction of sp³-hybridized carbons (Fsp3) is 0.375. The summed E-state index contributed by atoms with van der Waals surface area (Å²) in [5.41, 5.74) is 1.27. The fourth-order valence-corrected chi connectivity index (χ4v) is 6.61.